The van der Waals surface area contributed by atoms with Crippen LogP contribution >= 0.6 is 0 Å². The normalized spacial score (nSPS) is 16.1. The summed E-state index contributed by atoms with van der Waals surface area (Å²) in [5.74, 6) is 1.05. The molecule has 0 radical (unpaired) electrons. The summed E-state index contributed by atoms with van der Waals surface area (Å²) in [7, 11) is 0. The molecule has 3 heterocycles. The topological polar surface area (TPSA) is 62.7 Å². The van der Waals surface area contributed by atoms with Gasteiger partial charge in [0, 0.05) is 19.3 Å². The molecular weight excluding hydrogens is 402 g/mol. The number of pyridine rings is 1. The number of hydrogen-bond acceptors (Lipinski definition) is 4. The summed E-state index contributed by atoms with van der Waals surface area (Å²) < 4.78 is 5.90. The van der Waals surface area contributed by atoms with Crippen LogP contribution in [0.5, 0.6) is 11.6 Å². The monoisotopic (exact) mass is 427 g/mol. The van der Waals surface area contributed by atoms with Gasteiger partial charge in [-0.15, -0.1) is 0 Å². The van der Waals surface area contributed by atoms with Crippen LogP contribution in [-0.2, 0) is 11.2 Å². The van der Waals surface area contributed by atoms with Crippen molar-refractivity contribution in [1.29, 1.82) is 0 Å². The van der Waals surface area contributed by atoms with E-state index in [4.69, 9.17) is 4.74 Å². The van der Waals surface area contributed by atoms with Crippen LogP contribution < -0.4 is 9.64 Å². The Morgan fingerprint density at radius 3 is 2.53 bits per heavy atom. The van der Waals surface area contributed by atoms with Gasteiger partial charge in [-0.05, 0) is 55.0 Å². The Labute approximate surface area is 187 Å². The molecule has 32 heavy (non-hydrogen) atoms. The van der Waals surface area contributed by atoms with Gasteiger partial charge < -0.3 is 9.64 Å². The van der Waals surface area contributed by atoms with Gasteiger partial charge >= 0.3 is 0 Å². The predicted molar refractivity (Wildman–Crippen MR) is 122 cm³/mol. The van der Waals surface area contributed by atoms with Crippen LogP contribution in [0.3, 0.4) is 0 Å². The second-order valence-corrected chi connectivity index (χ2v) is 8.33. The van der Waals surface area contributed by atoms with E-state index in [0.29, 0.717) is 36.0 Å². The molecule has 0 atom stereocenters. The first-order valence-corrected chi connectivity index (χ1v) is 11.0. The van der Waals surface area contributed by atoms with Crippen LogP contribution in [0.2, 0.25) is 0 Å². The van der Waals surface area contributed by atoms with E-state index >= 15 is 0 Å². The number of para-hydroxylation sites is 2. The van der Waals surface area contributed by atoms with Gasteiger partial charge in [-0.1, -0.05) is 42.5 Å². The minimum absolute atomic E-state index is 0.0170. The minimum Gasteiger partial charge on any atom is -0.436 e. The number of likely N-dealkylation sites (tertiary alicyclic amines) is 1. The fourth-order valence-electron chi connectivity index (χ4n) is 4.49. The molecule has 1 saturated heterocycles. The van der Waals surface area contributed by atoms with Gasteiger partial charge in [0.05, 0.1) is 5.69 Å². The zero-order chi connectivity index (χ0) is 21.9. The van der Waals surface area contributed by atoms with Crippen LogP contribution in [-0.4, -0.2) is 41.3 Å². The van der Waals surface area contributed by atoms with Crippen molar-refractivity contribution in [3.8, 4) is 11.6 Å². The summed E-state index contributed by atoms with van der Waals surface area (Å²) in [6.45, 7) is 1.42. The number of rotatable bonds is 4. The number of carbonyl (C=O) groups is 2. The first kappa shape index (κ1) is 20.2. The number of anilines is 1. The molecular formula is C26H25N3O3. The van der Waals surface area contributed by atoms with E-state index in [-0.39, 0.29) is 24.2 Å². The Morgan fingerprint density at radius 2 is 1.72 bits per heavy atom. The van der Waals surface area contributed by atoms with Gasteiger partial charge in [0.25, 0.3) is 5.91 Å². The summed E-state index contributed by atoms with van der Waals surface area (Å²) in [6.07, 6.45) is 4.58. The highest BCUT2D eigenvalue weighted by molar-refractivity contribution is 6.11. The van der Waals surface area contributed by atoms with E-state index < -0.39 is 0 Å². The molecule has 0 unspecified atom stereocenters. The summed E-state index contributed by atoms with van der Waals surface area (Å²) >= 11 is 0. The Kier molecular flexibility index (Phi) is 5.58. The molecule has 2 aliphatic heterocycles. The summed E-state index contributed by atoms with van der Waals surface area (Å²) in [5.41, 5.74) is 2.29. The number of carbonyl (C=O) groups excluding carboxylic acids is 2. The number of ether oxygens (including phenoxy) is 1. The molecule has 0 spiro atoms. The van der Waals surface area contributed by atoms with E-state index in [1.807, 2.05) is 23.1 Å². The quantitative estimate of drug-likeness (QED) is 0.622. The van der Waals surface area contributed by atoms with Gasteiger partial charge in [0.2, 0.25) is 11.8 Å². The number of amides is 2. The van der Waals surface area contributed by atoms with E-state index in [0.717, 1.165) is 19.3 Å². The second-order valence-electron chi connectivity index (χ2n) is 8.33. The molecule has 1 fully saturated rings. The van der Waals surface area contributed by atoms with Gasteiger partial charge in [0.15, 0.2) is 5.75 Å². The molecule has 2 aliphatic rings. The lowest BCUT2D eigenvalue weighted by Gasteiger charge is -2.33. The van der Waals surface area contributed by atoms with Crippen LogP contribution in [0.1, 0.15) is 28.8 Å². The summed E-state index contributed by atoms with van der Waals surface area (Å²) in [6, 6.07) is 21.2. The highest BCUT2D eigenvalue weighted by atomic mass is 16.5. The molecule has 0 N–H and O–H groups in total. The third-order valence-corrected chi connectivity index (χ3v) is 6.24. The zero-order valence-electron chi connectivity index (χ0n) is 17.8. The zero-order valence-corrected chi connectivity index (χ0v) is 17.8. The van der Waals surface area contributed by atoms with E-state index in [1.54, 1.807) is 30.5 Å². The third-order valence-electron chi connectivity index (χ3n) is 6.24. The van der Waals surface area contributed by atoms with Crippen LogP contribution in [0.4, 0.5) is 5.69 Å². The Balaban J connectivity index is 1.29. The fourth-order valence-corrected chi connectivity index (χ4v) is 4.49. The van der Waals surface area contributed by atoms with E-state index in [9.17, 15) is 9.59 Å². The Hall–Kier alpha value is -3.67. The molecule has 6 heteroatoms. The van der Waals surface area contributed by atoms with Gasteiger partial charge in [0.1, 0.15) is 12.1 Å². The molecule has 0 saturated carbocycles. The maximum Gasteiger partial charge on any atom is 0.264 e. The SMILES string of the molecule is O=C(CN1C(=O)c2cccnc2Oc2ccccc21)N1CCC(Cc2ccccc2)CC1. The van der Waals surface area contributed by atoms with Crippen molar-refractivity contribution >= 4 is 17.5 Å². The number of nitrogens with zero attached hydrogens (tertiary/aromatic N) is 3. The lowest BCUT2D eigenvalue weighted by molar-refractivity contribution is -0.131. The standard InChI is InChI=1S/C26H25N3O3/c30-24(28-15-12-20(13-16-28)17-19-7-2-1-3-8-19)18-29-22-10-4-5-11-23(22)32-25-21(26(29)31)9-6-14-27-25/h1-11,14,20H,12-13,15-18H2. The fraction of sp³-hybridized carbons (Fsp3) is 0.269. The molecule has 162 valence electrons. The molecule has 2 aromatic carbocycles. The van der Waals surface area contributed by atoms with Crippen molar-refractivity contribution in [3.63, 3.8) is 0 Å². The highest BCUT2D eigenvalue weighted by Crippen LogP contribution is 2.37. The van der Waals surface area contributed by atoms with Gasteiger partial charge in [-0.2, -0.15) is 0 Å². The van der Waals surface area contributed by atoms with Crippen LogP contribution in [0, 0.1) is 5.92 Å². The minimum atomic E-state index is -0.273. The number of piperidine rings is 1. The van der Waals surface area contributed by atoms with Crippen molar-refractivity contribution < 1.29 is 14.3 Å². The van der Waals surface area contributed by atoms with Crippen molar-refractivity contribution in [2.45, 2.75) is 19.3 Å². The largest absolute Gasteiger partial charge is 0.436 e. The maximum atomic E-state index is 13.3. The molecule has 2 amide bonds. The van der Waals surface area contributed by atoms with Crippen LogP contribution in [0.15, 0.2) is 72.9 Å². The average molecular weight is 428 g/mol. The summed E-state index contributed by atoms with van der Waals surface area (Å²) in [5, 5.41) is 0. The molecule has 5 rings (SSSR count). The van der Waals surface area contributed by atoms with Gasteiger partial charge in [-0.25, -0.2) is 4.98 Å². The second kappa shape index (κ2) is 8.83. The third kappa shape index (κ3) is 4.08. The maximum absolute atomic E-state index is 13.3. The van der Waals surface area contributed by atoms with Crippen molar-refractivity contribution in [3.05, 3.63) is 84.1 Å². The first-order valence-electron chi connectivity index (χ1n) is 11.0. The highest BCUT2D eigenvalue weighted by Gasteiger charge is 2.32. The number of aromatic nitrogens is 1. The lowest BCUT2D eigenvalue weighted by atomic mass is 9.90. The molecule has 3 aromatic rings. The number of hydrogen-bond donors (Lipinski definition) is 0. The molecule has 0 bridgehead atoms. The van der Waals surface area contributed by atoms with E-state index in [2.05, 4.69) is 29.2 Å². The molecule has 1 aromatic heterocycles. The van der Waals surface area contributed by atoms with Crippen molar-refractivity contribution in [2.75, 3.05) is 24.5 Å². The van der Waals surface area contributed by atoms with Crippen molar-refractivity contribution in [2.24, 2.45) is 5.92 Å². The molecule has 6 nitrogen and oxygen atoms in total. The average Bonchev–Trinajstić information content (AvgIpc) is 2.95. The number of benzene rings is 2. The summed E-state index contributed by atoms with van der Waals surface area (Å²) in [4.78, 5) is 34.1. The predicted octanol–water partition coefficient (Wildman–Crippen LogP) is 4.32. The smallest absolute Gasteiger partial charge is 0.264 e. The van der Waals surface area contributed by atoms with Crippen molar-refractivity contribution in [1.82, 2.24) is 9.88 Å². The van der Waals surface area contributed by atoms with E-state index in [1.165, 1.54) is 10.5 Å². The first-order chi connectivity index (χ1) is 15.7. The molecule has 0 aliphatic carbocycles. The Bertz CT molecular complexity index is 1120. The van der Waals surface area contributed by atoms with Gasteiger partial charge in [-0.3, -0.25) is 14.5 Å². The Morgan fingerprint density at radius 1 is 0.969 bits per heavy atom. The van der Waals surface area contributed by atoms with Crippen LogP contribution in [0.25, 0.3) is 0 Å². The number of fused-ring (bicyclic) bond motifs is 2. The lowest BCUT2D eigenvalue weighted by Crippen LogP contribution is -2.46.